The number of likely N-dealkylation sites (N-methyl/N-ethyl adjacent to an activating group) is 1. The molecule has 0 aromatic rings. The van der Waals surface area contributed by atoms with E-state index >= 15 is 0 Å². The molecule has 0 spiro atoms. The first-order valence-electron chi connectivity index (χ1n) is 4.91. The van der Waals surface area contributed by atoms with Crippen molar-refractivity contribution in [1.29, 1.82) is 0 Å². The summed E-state index contributed by atoms with van der Waals surface area (Å²) in [5.41, 5.74) is 0.337. The van der Waals surface area contributed by atoms with Gasteiger partial charge in [-0.25, -0.2) is 0 Å². The largest absolute Gasteiger partial charge is 0.368 e. The second-order valence-corrected chi connectivity index (χ2v) is 5.04. The summed E-state index contributed by atoms with van der Waals surface area (Å²) in [5.74, 6) is 0.179. The summed E-state index contributed by atoms with van der Waals surface area (Å²) in [7, 11) is 3.40. The highest BCUT2D eigenvalue weighted by Gasteiger charge is 2.53. The number of carbonyl (C=O) groups is 1. The van der Waals surface area contributed by atoms with E-state index in [0.717, 1.165) is 16.6 Å². The van der Waals surface area contributed by atoms with Crippen molar-refractivity contribution in [2.75, 3.05) is 14.2 Å². The molecule has 2 unspecified atom stereocenters. The lowest BCUT2D eigenvalue weighted by Gasteiger charge is -2.27. The average Bonchev–Trinajstić information content (AvgIpc) is 2.42. The maximum absolute atomic E-state index is 12.1. The normalized spacial score (nSPS) is 35.1. The molecule has 15 heavy (non-hydrogen) atoms. The Morgan fingerprint density at radius 3 is 2.93 bits per heavy atom. The van der Waals surface area contributed by atoms with Crippen LogP contribution in [0, 0.1) is 5.92 Å². The molecule has 0 aromatic heterocycles. The van der Waals surface area contributed by atoms with Gasteiger partial charge in [0.2, 0.25) is 0 Å². The van der Waals surface area contributed by atoms with Gasteiger partial charge in [0.05, 0.1) is 0 Å². The van der Waals surface area contributed by atoms with Gasteiger partial charge in [0, 0.05) is 30.3 Å². The number of methoxy groups -OCH3 is 1. The van der Waals surface area contributed by atoms with Gasteiger partial charge in [-0.1, -0.05) is 22.0 Å². The molecule has 4 heteroatoms. The molecule has 0 aromatic carbocycles. The molecule has 0 radical (unpaired) electrons. The first kappa shape index (κ1) is 10.9. The number of hydrogen-bond donors (Lipinski definition) is 0. The Labute approximate surface area is 97.9 Å². The lowest BCUT2D eigenvalue weighted by molar-refractivity contribution is -0.145. The second kappa shape index (κ2) is 3.46. The molecule has 2 rings (SSSR count). The van der Waals surface area contributed by atoms with Gasteiger partial charge in [-0.05, 0) is 19.4 Å². The third kappa shape index (κ3) is 1.39. The van der Waals surface area contributed by atoms with E-state index in [9.17, 15) is 4.79 Å². The molecule has 1 aliphatic carbocycles. The highest BCUT2D eigenvalue weighted by Crippen LogP contribution is 2.44. The smallest absolute Gasteiger partial charge is 0.259 e. The van der Waals surface area contributed by atoms with Crippen molar-refractivity contribution in [2.24, 2.45) is 5.92 Å². The highest BCUT2D eigenvalue weighted by molar-refractivity contribution is 9.11. The SMILES string of the molecule is COC1(C)C(=O)N(C)C2=CC(Br)=CCC21. The van der Waals surface area contributed by atoms with Crippen molar-refractivity contribution >= 4 is 21.8 Å². The Bertz CT molecular complexity index is 375. The van der Waals surface area contributed by atoms with E-state index in [1.54, 1.807) is 19.1 Å². The molecular formula is C11H14BrNO2. The molecule has 1 aliphatic heterocycles. The van der Waals surface area contributed by atoms with Gasteiger partial charge in [-0.3, -0.25) is 4.79 Å². The standard InChI is InChI=1S/C11H14BrNO2/c1-11(15-3)8-5-4-7(12)6-9(8)13(2)10(11)14/h4,6,8H,5H2,1-3H3. The quantitative estimate of drug-likeness (QED) is 0.731. The van der Waals surface area contributed by atoms with Gasteiger partial charge in [0.1, 0.15) is 0 Å². The van der Waals surface area contributed by atoms with Crippen LogP contribution in [0.15, 0.2) is 22.3 Å². The van der Waals surface area contributed by atoms with Crippen LogP contribution in [-0.4, -0.2) is 30.6 Å². The number of allylic oxidation sites excluding steroid dienone is 3. The Balaban J connectivity index is 2.46. The third-order valence-corrected chi connectivity index (χ3v) is 3.95. The molecule has 0 bridgehead atoms. The number of fused-ring (bicyclic) bond motifs is 1. The van der Waals surface area contributed by atoms with Gasteiger partial charge in [-0.2, -0.15) is 0 Å². The van der Waals surface area contributed by atoms with Crippen molar-refractivity contribution in [3.05, 3.63) is 22.3 Å². The lowest BCUT2D eigenvalue weighted by atomic mass is 9.85. The van der Waals surface area contributed by atoms with Gasteiger partial charge < -0.3 is 9.64 Å². The first-order valence-corrected chi connectivity index (χ1v) is 5.70. The van der Waals surface area contributed by atoms with E-state index < -0.39 is 5.60 Å². The van der Waals surface area contributed by atoms with Crippen molar-refractivity contribution in [3.8, 4) is 0 Å². The predicted molar refractivity (Wildman–Crippen MR) is 61.4 cm³/mol. The van der Waals surface area contributed by atoms with E-state index in [1.807, 2.05) is 13.0 Å². The Kier molecular flexibility index (Phi) is 2.51. The number of hydrogen-bond acceptors (Lipinski definition) is 2. The zero-order valence-corrected chi connectivity index (χ0v) is 10.7. The molecule has 3 nitrogen and oxygen atoms in total. The number of rotatable bonds is 1. The molecule has 1 amide bonds. The molecule has 2 atom stereocenters. The van der Waals surface area contributed by atoms with Crippen molar-refractivity contribution in [3.63, 3.8) is 0 Å². The van der Waals surface area contributed by atoms with Crippen molar-refractivity contribution < 1.29 is 9.53 Å². The molecule has 2 aliphatic rings. The summed E-state index contributed by atoms with van der Waals surface area (Å²) in [5, 5.41) is 0. The number of amides is 1. The first-order chi connectivity index (χ1) is 7.00. The number of halogens is 1. The highest BCUT2D eigenvalue weighted by atomic mass is 79.9. The van der Waals surface area contributed by atoms with Crippen LogP contribution in [-0.2, 0) is 9.53 Å². The van der Waals surface area contributed by atoms with Gasteiger partial charge in [-0.15, -0.1) is 0 Å². The van der Waals surface area contributed by atoms with Crippen molar-refractivity contribution in [2.45, 2.75) is 18.9 Å². The van der Waals surface area contributed by atoms with E-state index in [-0.39, 0.29) is 11.8 Å². The van der Waals surface area contributed by atoms with Crippen LogP contribution in [0.25, 0.3) is 0 Å². The molecule has 1 fully saturated rings. The van der Waals surface area contributed by atoms with Crippen LogP contribution in [0.2, 0.25) is 0 Å². The average molecular weight is 272 g/mol. The minimum atomic E-state index is -0.704. The molecule has 0 saturated carbocycles. The third-order valence-electron chi connectivity index (χ3n) is 3.40. The van der Waals surface area contributed by atoms with Crippen LogP contribution in [0.3, 0.4) is 0 Å². The zero-order valence-electron chi connectivity index (χ0n) is 9.08. The predicted octanol–water partition coefficient (Wildman–Crippen LogP) is 2.05. The monoisotopic (exact) mass is 271 g/mol. The number of ether oxygens (including phenoxy) is 1. The number of carbonyl (C=O) groups excluding carboxylic acids is 1. The molecular weight excluding hydrogens is 258 g/mol. The molecule has 1 heterocycles. The fraction of sp³-hybridized carbons (Fsp3) is 0.545. The maximum Gasteiger partial charge on any atom is 0.259 e. The number of nitrogens with zero attached hydrogens (tertiary/aromatic N) is 1. The van der Waals surface area contributed by atoms with Crippen LogP contribution in [0.1, 0.15) is 13.3 Å². The summed E-state index contributed by atoms with van der Waals surface area (Å²) < 4.78 is 6.45. The summed E-state index contributed by atoms with van der Waals surface area (Å²) in [6.07, 6.45) is 4.92. The van der Waals surface area contributed by atoms with Crippen molar-refractivity contribution in [1.82, 2.24) is 4.90 Å². The van der Waals surface area contributed by atoms with Crippen LogP contribution in [0.4, 0.5) is 0 Å². The minimum absolute atomic E-state index is 0.0388. The van der Waals surface area contributed by atoms with Crippen LogP contribution < -0.4 is 0 Å². The number of likely N-dealkylation sites (tertiary alicyclic amines) is 1. The van der Waals surface area contributed by atoms with Gasteiger partial charge >= 0.3 is 0 Å². The second-order valence-electron chi connectivity index (χ2n) is 4.12. The summed E-state index contributed by atoms with van der Waals surface area (Å²) in [4.78, 5) is 13.7. The fourth-order valence-corrected chi connectivity index (χ4v) is 2.74. The van der Waals surface area contributed by atoms with E-state index in [0.29, 0.717) is 0 Å². The summed E-state index contributed by atoms with van der Waals surface area (Å²) >= 11 is 3.44. The fourth-order valence-electron chi connectivity index (χ4n) is 2.32. The molecule has 82 valence electrons. The summed E-state index contributed by atoms with van der Waals surface area (Å²) in [6, 6.07) is 0. The van der Waals surface area contributed by atoms with E-state index in [2.05, 4.69) is 22.0 Å². The van der Waals surface area contributed by atoms with Gasteiger partial charge in [0.25, 0.3) is 5.91 Å². The topological polar surface area (TPSA) is 29.5 Å². The summed E-state index contributed by atoms with van der Waals surface area (Å²) in [6.45, 7) is 1.87. The maximum atomic E-state index is 12.1. The van der Waals surface area contributed by atoms with Crippen LogP contribution >= 0.6 is 15.9 Å². The minimum Gasteiger partial charge on any atom is -0.368 e. The lowest BCUT2D eigenvalue weighted by Crippen LogP contribution is -2.41. The van der Waals surface area contributed by atoms with Crippen LogP contribution in [0.5, 0.6) is 0 Å². The Morgan fingerprint density at radius 1 is 1.67 bits per heavy atom. The molecule has 0 N–H and O–H groups in total. The molecule has 1 saturated heterocycles. The Hall–Kier alpha value is -0.610. The van der Waals surface area contributed by atoms with Gasteiger partial charge in [0.15, 0.2) is 5.60 Å². The van der Waals surface area contributed by atoms with E-state index in [4.69, 9.17) is 4.74 Å². The zero-order chi connectivity index (χ0) is 11.2. The Morgan fingerprint density at radius 2 is 2.33 bits per heavy atom. The van der Waals surface area contributed by atoms with E-state index in [1.165, 1.54) is 0 Å².